The number of carbonyl (C=O) groups is 2. The van der Waals surface area contributed by atoms with Gasteiger partial charge in [-0.25, -0.2) is 9.59 Å². The highest BCUT2D eigenvalue weighted by atomic mass is 16.6. The summed E-state index contributed by atoms with van der Waals surface area (Å²) in [5, 5.41) is 0. The van der Waals surface area contributed by atoms with Crippen molar-refractivity contribution in [2.75, 3.05) is 14.2 Å². The Morgan fingerprint density at radius 3 is 2.52 bits per heavy atom. The first-order chi connectivity index (χ1) is 11.1. The molecule has 0 spiro atoms. The predicted octanol–water partition coefficient (Wildman–Crippen LogP) is 2.80. The van der Waals surface area contributed by atoms with E-state index in [4.69, 9.17) is 14.2 Å². The van der Waals surface area contributed by atoms with Crippen molar-refractivity contribution in [1.29, 1.82) is 0 Å². The molecule has 122 valence electrons. The maximum absolute atomic E-state index is 12.4. The summed E-state index contributed by atoms with van der Waals surface area (Å²) in [4.78, 5) is 24.7. The molecule has 5 heteroatoms. The molecule has 0 aromatic heterocycles. The zero-order valence-corrected chi connectivity index (χ0v) is 13.5. The Morgan fingerprint density at radius 2 is 1.87 bits per heavy atom. The summed E-state index contributed by atoms with van der Waals surface area (Å²) in [7, 11) is 2.62. The van der Waals surface area contributed by atoms with E-state index >= 15 is 0 Å². The second-order valence-corrected chi connectivity index (χ2v) is 5.79. The molecule has 23 heavy (non-hydrogen) atoms. The molecule has 0 saturated heterocycles. The van der Waals surface area contributed by atoms with Gasteiger partial charge in [-0.3, -0.25) is 0 Å². The van der Waals surface area contributed by atoms with Gasteiger partial charge in [0.1, 0.15) is 11.7 Å². The average molecular weight is 316 g/mol. The lowest BCUT2D eigenvalue weighted by molar-refractivity contribution is -0.140. The minimum absolute atomic E-state index is 0.272. The van der Waals surface area contributed by atoms with Crippen LogP contribution in [0.15, 0.2) is 35.4 Å². The molecule has 0 amide bonds. The number of carbonyl (C=O) groups excluding carboxylic acids is 2. The number of esters is 2. The van der Waals surface area contributed by atoms with E-state index in [0.29, 0.717) is 12.0 Å². The van der Waals surface area contributed by atoms with E-state index in [1.54, 1.807) is 0 Å². The summed E-state index contributed by atoms with van der Waals surface area (Å²) in [5.41, 5.74) is 1.54. The molecule has 2 aliphatic rings. The molecule has 0 radical (unpaired) electrons. The van der Waals surface area contributed by atoms with Crippen molar-refractivity contribution in [3.05, 3.63) is 46.5 Å². The van der Waals surface area contributed by atoms with Gasteiger partial charge in [0, 0.05) is 0 Å². The van der Waals surface area contributed by atoms with Crippen LogP contribution in [0.2, 0.25) is 0 Å². The number of unbranched alkanes of at least 4 members (excludes halogenated alkanes) is 1. The second-order valence-electron chi connectivity index (χ2n) is 5.79. The van der Waals surface area contributed by atoms with Crippen LogP contribution >= 0.6 is 0 Å². The van der Waals surface area contributed by atoms with E-state index in [-0.39, 0.29) is 5.57 Å². The van der Waals surface area contributed by atoms with Gasteiger partial charge in [-0.2, -0.15) is 0 Å². The summed E-state index contributed by atoms with van der Waals surface area (Å²) in [5.74, 6) is -1.07. The number of ether oxygens (including phenoxy) is 3. The molecule has 0 aliphatic carbocycles. The third kappa shape index (κ3) is 2.10. The lowest BCUT2D eigenvalue weighted by Gasteiger charge is -2.29. The number of fused-ring (bicyclic) bond motifs is 5. The molecule has 2 bridgehead atoms. The highest BCUT2D eigenvalue weighted by Gasteiger charge is 2.59. The lowest BCUT2D eigenvalue weighted by Crippen LogP contribution is -2.32. The number of methoxy groups -OCH3 is 2. The molecule has 1 aromatic rings. The first-order valence-electron chi connectivity index (χ1n) is 7.79. The molecule has 3 rings (SSSR count). The van der Waals surface area contributed by atoms with Gasteiger partial charge in [0.05, 0.1) is 25.4 Å². The Labute approximate surface area is 135 Å². The first kappa shape index (κ1) is 15.7. The van der Waals surface area contributed by atoms with Crippen LogP contribution in [-0.4, -0.2) is 26.2 Å². The number of rotatable bonds is 5. The van der Waals surface area contributed by atoms with Crippen LogP contribution in [0.1, 0.15) is 43.4 Å². The standard InChI is InChI=1S/C18H20O5/c1-4-5-10-18-12-9-7-6-8-11(12)15(23-18)13(16(19)21-2)14(18)17(20)22-3/h6-9,15H,4-5,10H2,1-3H3. The van der Waals surface area contributed by atoms with Gasteiger partial charge in [0.25, 0.3) is 0 Å². The fourth-order valence-electron chi connectivity index (χ4n) is 3.62. The Hall–Kier alpha value is -2.14. The molecule has 0 fully saturated rings. The van der Waals surface area contributed by atoms with E-state index in [2.05, 4.69) is 6.92 Å². The maximum Gasteiger partial charge on any atom is 0.337 e. The molecule has 2 unspecified atom stereocenters. The largest absolute Gasteiger partial charge is 0.466 e. The number of benzene rings is 1. The maximum atomic E-state index is 12.4. The van der Waals surface area contributed by atoms with Gasteiger partial charge in [0.2, 0.25) is 0 Å². The second kappa shape index (κ2) is 5.81. The summed E-state index contributed by atoms with van der Waals surface area (Å²) in [6.45, 7) is 2.08. The zero-order valence-electron chi connectivity index (χ0n) is 13.5. The lowest BCUT2D eigenvalue weighted by atomic mass is 9.75. The molecule has 0 N–H and O–H groups in total. The van der Waals surface area contributed by atoms with Crippen molar-refractivity contribution >= 4 is 11.9 Å². The Kier molecular flexibility index (Phi) is 3.98. The molecule has 5 nitrogen and oxygen atoms in total. The summed E-state index contributed by atoms with van der Waals surface area (Å²) in [6.07, 6.45) is 1.89. The quantitative estimate of drug-likeness (QED) is 0.782. The van der Waals surface area contributed by atoms with Crippen molar-refractivity contribution in [2.45, 2.75) is 37.9 Å². The van der Waals surface area contributed by atoms with Gasteiger partial charge in [-0.05, 0) is 17.5 Å². The zero-order chi connectivity index (χ0) is 16.6. The van der Waals surface area contributed by atoms with Gasteiger partial charge in [-0.15, -0.1) is 0 Å². The van der Waals surface area contributed by atoms with E-state index in [1.807, 2.05) is 24.3 Å². The fraction of sp³-hybridized carbons (Fsp3) is 0.444. The Bertz CT molecular complexity index is 690. The molecule has 2 atom stereocenters. The minimum atomic E-state index is -0.909. The first-order valence-corrected chi connectivity index (χ1v) is 7.79. The summed E-state index contributed by atoms with van der Waals surface area (Å²) >= 11 is 0. The van der Waals surface area contributed by atoms with Gasteiger partial charge < -0.3 is 14.2 Å². The summed E-state index contributed by atoms with van der Waals surface area (Å²) < 4.78 is 16.1. The van der Waals surface area contributed by atoms with E-state index in [9.17, 15) is 9.59 Å². The van der Waals surface area contributed by atoms with Gasteiger partial charge in [-0.1, -0.05) is 44.0 Å². The van der Waals surface area contributed by atoms with Crippen LogP contribution in [0.3, 0.4) is 0 Å². The van der Waals surface area contributed by atoms with Crippen molar-refractivity contribution in [2.24, 2.45) is 0 Å². The number of hydrogen-bond acceptors (Lipinski definition) is 5. The topological polar surface area (TPSA) is 61.8 Å². The van der Waals surface area contributed by atoms with Crippen LogP contribution in [-0.2, 0) is 29.4 Å². The molecular formula is C18H20O5. The van der Waals surface area contributed by atoms with Crippen LogP contribution in [0, 0.1) is 0 Å². The predicted molar refractivity (Wildman–Crippen MR) is 82.5 cm³/mol. The summed E-state index contributed by atoms with van der Waals surface area (Å²) in [6, 6.07) is 7.72. The fourth-order valence-corrected chi connectivity index (χ4v) is 3.62. The minimum Gasteiger partial charge on any atom is -0.466 e. The van der Waals surface area contributed by atoms with E-state index in [0.717, 1.165) is 24.0 Å². The number of hydrogen-bond donors (Lipinski definition) is 0. The van der Waals surface area contributed by atoms with Crippen molar-refractivity contribution in [3.8, 4) is 0 Å². The monoisotopic (exact) mass is 316 g/mol. The third-order valence-electron chi connectivity index (χ3n) is 4.61. The highest BCUT2D eigenvalue weighted by Crippen LogP contribution is 2.60. The van der Waals surface area contributed by atoms with Crippen LogP contribution in [0.25, 0.3) is 0 Å². The molecule has 2 heterocycles. The van der Waals surface area contributed by atoms with Crippen molar-refractivity contribution in [3.63, 3.8) is 0 Å². The normalized spacial score (nSPS) is 24.6. The van der Waals surface area contributed by atoms with Crippen molar-refractivity contribution in [1.82, 2.24) is 0 Å². The molecule has 2 aliphatic heterocycles. The highest BCUT2D eigenvalue weighted by molar-refractivity contribution is 6.05. The third-order valence-corrected chi connectivity index (χ3v) is 4.61. The average Bonchev–Trinajstić information content (AvgIpc) is 3.10. The Morgan fingerprint density at radius 1 is 1.17 bits per heavy atom. The van der Waals surface area contributed by atoms with Crippen LogP contribution in [0.4, 0.5) is 0 Å². The Balaban J connectivity index is 2.23. The van der Waals surface area contributed by atoms with Crippen LogP contribution in [0.5, 0.6) is 0 Å². The smallest absolute Gasteiger partial charge is 0.337 e. The van der Waals surface area contributed by atoms with Crippen LogP contribution < -0.4 is 0 Å². The van der Waals surface area contributed by atoms with E-state index < -0.39 is 23.6 Å². The molecule has 1 aromatic carbocycles. The van der Waals surface area contributed by atoms with Gasteiger partial charge in [0.15, 0.2) is 0 Å². The van der Waals surface area contributed by atoms with Crippen molar-refractivity contribution < 1.29 is 23.8 Å². The van der Waals surface area contributed by atoms with Gasteiger partial charge >= 0.3 is 11.9 Å². The van der Waals surface area contributed by atoms with E-state index in [1.165, 1.54) is 14.2 Å². The molecule has 0 saturated carbocycles. The molecular weight excluding hydrogens is 296 g/mol. The SMILES string of the molecule is CCCCC12OC(C(C(=O)OC)=C1C(=O)OC)c1ccccc12.